The van der Waals surface area contributed by atoms with Crippen molar-refractivity contribution in [3.05, 3.63) is 0 Å². The van der Waals surface area contributed by atoms with Crippen LogP contribution in [-0.4, -0.2) is 31.1 Å². The molecule has 1 heterocycles. The summed E-state index contributed by atoms with van der Waals surface area (Å²) in [5.74, 6) is -0.768. The maximum Gasteiger partial charge on any atom is 0.323 e. The average Bonchev–Trinajstić information content (AvgIpc) is 2.31. The number of carbonyl (C=O) groups is 2. The van der Waals surface area contributed by atoms with E-state index in [1.54, 1.807) is 0 Å². The van der Waals surface area contributed by atoms with Crippen molar-refractivity contribution in [2.75, 3.05) is 13.2 Å². The molecule has 1 saturated heterocycles. The highest BCUT2D eigenvalue weighted by atomic mass is 16.5. The van der Waals surface area contributed by atoms with Crippen molar-refractivity contribution in [2.45, 2.75) is 12.5 Å². The Morgan fingerprint density at radius 1 is 1.82 bits per heavy atom. The van der Waals surface area contributed by atoms with E-state index in [0.29, 0.717) is 13.0 Å². The quantitative estimate of drug-likeness (QED) is 0.483. The van der Waals surface area contributed by atoms with E-state index < -0.39 is 5.91 Å². The highest BCUT2D eigenvalue weighted by Gasteiger charge is 2.25. The van der Waals surface area contributed by atoms with E-state index >= 15 is 0 Å². The van der Waals surface area contributed by atoms with Gasteiger partial charge in [-0.05, 0) is 0 Å². The number of cyclic esters (lactones) is 1. The van der Waals surface area contributed by atoms with Crippen molar-refractivity contribution in [3.8, 4) is 0 Å². The fourth-order valence-electron chi connectivity index (χ4n) is 0.905. The predicted octanol–water partition coefficient (Wildman–Crippen LogP) is -1.62. The first-order chi connectivity index (χ1) is 5.20. The lowest BCUT2D eigenvalue weighted by molar-refractivity contribution is -0.139. The molecule has 1 fully saturated rings. The molecule has 1 atom stereocenters. The molecule has 0 saturated carbocycles. The molecule has 0 spiro atoms. The lowest BCUT2D eigenvalue weighted by atomic mass is 10.2. The molecule has 1 aliphatic rings. The van der Waals surface area contributed by atoms with Gasteiger partial charge in [-0.2, -0.15) is 0 Å². The number of amides is 1. The van der Waals surface area contributed by atoms with E-state index in [-0.39, 0.29) is 18.6 Å². The summed E-state index contributed by atoms with van der Waals surface area (Å²) >= 11 is 0. The Labute approximate surface area is 63.9 Å². The van der Waals surface area contributed by atoms with Gasteiger partial charge < -0.3 is 10.5 Å². The van der Waals surface area contributed by atoms with Crippen molar-refractivity contribution in [1.82, 2.24) is 5.32 Å². The van der Waals surface area contributed by atoms with Gasteiger partial charge >= 0.3 is 5.97 Å². The van der Waals surface area contributed by atoms with E-state index in [2.05, 4.69) is 10.1 Å². The van der Waals surface area contributed by atoms with Crippen LogP contribution in [0.2, 0.25) is 0 Å². The Balaban J connectivity index is 2.26. The fraction of sp³-hybridized carbons (Fsp3) is 0.667. The first-order valence-electron chi connectivity index (χ1n) is 3.38. The standard InChI is InChI=1S/C6H10N2O3/c7-5(9)3-8-4-1-2-11-6(4)10/h4,8H,1-3H2,(H2,7,9). The molecule has 11 heavy (non-hydrogen) atoms. The smallest absolute Gasteiger partial charge is 0.323 e. The third-order valence-corrected chi connectivity index (χ3v) is 1.46. The zero-order valence-corrected chi connectivity index (χ0v) is 6.00. The molecule has 0 aromatic heterocycles. The van der Waals surface area contributed by atoms with Gasteiger partial charge in [0.05, 0.1) is 13.2 Å². The number of nitrogens with two attached hydrogens (primary N) is 1. The molecule has 0 aromatic rings. The number of primary amides is 1. The molecule has 5 heteroatoms. The second-order valence-electron chi connectivity index (χ2n) is 2.36. The number of nitrogens with one attached hydrogen (secondary N) is 1. The second-order valence-corrected chi connectivity index (χ2v) is 2.36. The number of carbonyl (C=O) groups excluding carboxylic acids is 2. The Morgan fingerprint density at radius 3 is 3.00 bits per heavy atom. The molecular formula is C6H10N2O3. The molecule has 62 valence electrons. The Bertz CT molecular complexity index is 181. The number of hydrogen-bond donors (Lipinski definition) is 2. The Hall–Kier alpha value is -1.10. The van der Waals surface area contributed by atoms with E-state index in [0.717, 1.165) is 0 Å². The summed E-state index contributed by atoms with van der Waals surface area (Å²) in [6.45, 7) is 0.453. The molecule has 1 aliphatic heterocycles. The van der Waals surface area contributed by atoms with Gasteiger partial charge in [0.15, 0.2) is 0 Å². The van der Waals surface area contributed by atoms with Crippen LogP contribution in [0.15, 0.2) is 0 Å². The molecule has 1 amide bonds. The van der Waals surface area contributed by atoms with E-state index in [4.69, 9.17) is 5.73 Å². The van der Waals surface area contributed by atoms with E-state index in [1.165, 1.54) is 0 Å². The van der Waals surface area contributed by atoms with Crippen molar-refractivity contribution in [3.63, 3.8) is 0 Å². The second kappa shape index (κ2) is 3.34. The largest absolute Gasteiger partial charge is 0.464 e. The minimum atomic E-state index is -0.468. The molecule has 5 nitrogen and oxygen atoms in total. The summed E-state index contributed by atoms with van der Waals surface area (Å²) < 4.78 is 4.64. The summed E-state index contributed by atoms with van der Waals surface area (Å²) in [6.07, 6.45) is 0.617. The molecule has 3 N–H and O–H groups in total. The minimum Gasteiger partial charge on any atom is -0.464 e. The third-order valence-electron chi connectivity index (χ3n) is 1.46. The van der Waals surface area contributed by atoms with Gasteiger partial charge in [0.2, 0.25) is 5.91 Å². The van der Waals surface area contributed by atoms with Crippen LogP contribution >= 0.6 is 0 Å². The van der Waals surface area contributed by atoms with Crippen LogP contribution in [0.1, 0.15) is 6.42 Å². The minimum absolute atomic E-state index is 0.0275. The summed E-state index contributed by atoms with van der Waals surface area (Å²) in [4.78, 5) is 21.0. The van der Waals surface area contributed by atoms with Crippen LogP contribution in [0.25, 0.3) is 0 Å². The molecule has 1 rings (SSSR count). The average molecular weight is 158 g/mol. The summed E-state index contributed by atoms with van der Waals surface area (Å²) in [5.41, 5.74) is 4.86. The monoisotopic (exact) mass is 158 g/mol. The Morgan fingerprint density at radius 2 is 2.55 bits per heavy atom. The number of ether oxygens (including phenoxy) is 1. The normalized spacial score (nSPS) is 23.3. The van der Waals surface area contributed by atoms with E-state index in [1.807, 2.05) is 0 Å². The van der Waals surface area contributed by atoms with Crippen LogP contribution in [0.3, 0.4) is 0 Å². The number of hydrogen-bond acceptors (Lipinski definition) is 4. The SMILES string of the molecule is NC(=O)CNC1CCOC1=O. The molecule has 0 aliphatic carbocycles. The van der Waals surface area contributed by atoms with E-state index in [9.17, 15) is 9.59 Å². The van der Waals surface area contributed by atoms with Gasteiger partial charge in [-0.3, -0.25) is 14.9 Å². The highest BCUT2D eigenvalue weighted by molar-refractivity contribution is 5.80. The maximum absolute atomic E-state index is 10.7. The van der Waals surface area contributed by atoms with Crippen LogP contribution in [0.4, 0.5) is 0 Å². The zero-order valence-electron chi connectivity index (χ0n) is 6.00. The van der Waals surface area contributed by atoms with Crippen molar-refractivity contribution in [2.24, 2.45) is 5.73 Å². The fourth-order valence-corrected chi connectivity index (χ4v) is 0.905. The number of esters is 1. The maximum atomic E-state index is 10.7. The predicted molar refractivity (Wildman–Crippen MR) is 36.6 cm³/mol. The lowest BCUT2D eigenvalue weighted by Gasteiger charge is -2.04. The lowest BCUT2D eigenvalue weighted by Crippen LogP contribution is -2.39. The van der Waals surface area contributed by atoms with Gasteiger partial charge in [0, 0.05) is 6.42 Å². The van der Waals surface area contributed by atoms with Gasteiger partial charge in [0.25, 0.3) is 0 Å². The highest BCUT2D eigenvalue weighted by Crippen LogP contribution is 2.04. The molecule has 0 bridgehead atoms. The molecule has 0 aromatic carbocycles. The van der Waals surface area contributed by atoms with Crippen molar-refractivity contribution < 1.29 is 14.3 Å². The summed E-state index contributed by atoms with van der Waals surface area (Å²) in [5, 5.41) is 2.68. The molecular weight excluding hydrogens is 148 g/mol. The van der Waals surface area contributed by atoms with Crippen LogP contribution in [0.5, 0.6) is 0 Å². The summed E-state index contributed by atoms with van der Waals surface area (Å²) in [6, 6.07) is -0.345. The van der Waals surface area contributed by atoms with Crippen LogP contribution in [0, 0.1) is 0 Å². The number of rotatable bonds is 3. The first-order valence-corrected chi connectivity index (χ1v) is 3.38. The van der Waals surface area contributed by atoms with Gasteiger partial charge in [0.1, 0.15) is 6.04 Å². The van der Waals surface area contributed by atoms with Gasteiger partial charge in [-0.1, -0.05) is 0 Å². The Kier molecular flexibility index (Phi) is 2.43. The van der Waals surface area contributed by atoms with Crippen LogP contribution < -0.4 is 11.1 Å². The third kappa shape index (κ3) is 2.19. The van der Waals surface area contributed by atoms with Gasteiger partial charge in [-0.15, -0.1) is 0 Å². The molecule has 0 radical (unpaired) electrons. The first kappa shape index (κ1) is 8.00. The summed E-state index contributed by atoms with van der Waals surface area (Å²) in [7, 11) is 0. The van der Waals surface area contributed by atoms with Crippen molar-refractivity contribution >= 4 is 11.9 Å². The topological polar surface area (TPSA) is 81.4 Å². The zero-order chi connectivity index (χ0) is 8.27. The van der Waals surface area contributed by atoms with Crippen molar-refractivity contribution in [1.29, 1.82) is 0 Å². The molecule has 1 unspecified atom stereocenters. The van der Waals surface area contributed by atoms with Gasteiger partial charge in [-0.25, -0.2) is 0 Å². The van der Waals surface area contributed by atoms with Crippen LogP contribution in [-0.2, 0) is 14.3 Å².